The molecule has 1 N–H and O–H groups in total. The molecule has 1 fully saturated rings. The second kappa shape index (κ2) is 6.92. The van der Waals surface area contributed by atoms with E-state index >= 15 is 0 Å². The Hall–Kier alpha value is -1.88. The summed E-state index contributed by atoms with van der Waals surface area (Å²) in [6.07, 6.45) is 0.115. The van der Waals surface area contributed by atoms with E-state index in [0.29, 0.717) is 13.2 Å². The van der Waals surface area contributed by atoms with Crippen LogP contribution in [0.3, 0.4) is 0 Å². The van der Waals surface area contributed by atoms with Gasteiger partial charge in [-0.3, -0.25) is 14.5 Å². The van der Waals surface area contributed by atoms with Gasteiger partial charge < -0.3 is 10.1 Å². The Balaban J connectivity index is 2.03. The maximum atomic E-state index is 12.2. The van der Waals surface area contributed by atoms with Crippen molar-refractivity contribution in [3.05, 3.63) is 29.3 Å². The van der Waals surface area contributed by atoms with E-state index in [4.69, 9.17) is 4.74 Å². The van der Waals surface area contributed by atoms with Gasteiger partial charge in [0.15, 0.2) is 0 Å². The third kappa shape index (κ3) is 3.85. The highest BCUT2D eigenvalue weighted by atomic mass is 16.5. The average molecular weight is 304 g/mol. The Morgan fingerprint density at radius 3 is 2.73 bits per heavy atom. The molecule has 0 saturated carbocycles. The summed E-state index contributed by atoms with van der Waals surface area (Å²) in [6, 6.07) is 5.49. The number of ether oxygens (including phenoxy) is 1. The fourth-order valence-corrected chi connectivity index (χ4v) is 2.66. The van der Waals surface area contributed by atoms with Gasteiger partial charge in [-0.2, -0.15) is 0 Å². The quantitative estimate of drug-likeness (QED) is 0.867. The third-order valence-corrected chi connectivity index (χ3v) is 4.10. The molecule has 1 aliphatic heterocycles. The number of cyclic esters (lactones) is 1. The summed E-state index contributed by atoms with van der Waals surface area (Å²) in [5.41, 5.74) is 3.06. The third-order valence-electron chi connectivity index (χ3n) is 4.10. The van der Waals surface area contributed by atoms with Gasteiger partial charge in [0, 0.05) is 18.3 Å². The van der Waals surface area contributed by atoms with E-state index < -0.39 is 6.04 Å². The average Bonchev–Trinajstić information content (AvgIpc) is 2.45. The number of morpholine rings is 1. The summed E-state index contributed by atoms with van der Waals surface area (Å²) >= 11 is 0. The molecular weight excluding hydrogens is 280 g/mol. The van der Waals surface area contributed by atoms with Gasteiger partial charge in [0.25, 0.3) is 0 Å². The molecule has 1 heterocycles. The van der Waals surface area contributed by atoms with Crippen LogP contribution in [-0.2, 0) is 14.3 Å². The van der Waals surface area contributed by atoms with Crippen LogP contribution < -0.4 is 5.32 Å². The number of hydrogen-bond acceptors (Lipinski definition) is 4. The molecule has 1 unspecified atom stereocenters. The molecule has 0 radical (unpaired) electrons. The molecule has 2 rings (SSSR count). The van der Waals surface area contributed by atoms with Crippen molar-refractivity contribution >= 4 is 17.6 Å². The lowest BCUT2D eigenvalue weighted by molar-refractivity contribution is -0.160. The van der Waals surface area contributed by atoms with Crippen LogP contribution in [0, 0.1) is 13.8 Å². The highest BCUT2D eigenvalue weighted by Gasteiger charge is 2.34. The topological polar surface area (TPSA) is 58.6 Å². The number of esters is 1. The predicted octanol–water partition coefficient (Wildman–Crippen LogP) is 2.27. The maximum Gasteiger partial charge on any atom is 0.323 e. The van der Waals surface area contributed by atoms with Crippen LogP contribution in [0.5, 0.6) is 0 Å². The number of nitrogens with zero attached hydrogens (tertiary/aromatic N) is 1. The maximum absolute atomic E-state index is 12.2. The predicted molar refractivity (Wildman–Crippen MR) is 85.8 cm³/mol. The first kappa shape index (κ1) is 16.5. The van der Waals surface area contributed by atoms with Crippen molar-refractivity contribution in [3.63, 3.8) is 0 Å². The van der Waals surface area contributed by atoms with Crippen LogP contribution in [0.1, 0.15) is 31.4 Å². The molecule has 5 nitrogen and oxygen atoms in total. The summed E-state index contributed by atoms with van der Waals surface area (Å²) < 4.78 is 5.10. The van der Waals surface area contributed by atoms with Gasteiger partial charge in [0.05, 0.1) is 6.42 Å². The van der Waals surface area contributed by atoms with E-state index in [0.717, 1.165) is 11.3 Å². The van der Waals surface area contributed by atoms with Gasteiger partial charge in [-0.05, 0) is 51.0 Å². The second-order valence-corrected chi connectivity index (χ2v) is 6.07. The Bertz CT molecular complexity index is 569. The first-order chi connectivity index (χ1) is 10.4. The molecule has 1 aromatic rings. The van der Waals surface area contributed by atoms with E-state index in [1.54, 1.807) is 0 Å². The van der Waals surface area contributed by atoms with Crippen molar-refractivity contribution in [2.45, 2.75) is 46.2 Å². The van der Waals surface area contributed by atoms with E-state index in [9.17, 15) is 9.59 Å². The van der Waals surface area contributed by atoms with Crippen molar-refractivity contribution in [1.29, 1.82) is 0 Å². The van der Waals surface area contributed by atoms with Gasteiger partial charge >= 0.3 is 5.97 Å². The number of carbonyl (C=O) groups excluding carboxylic acids is 2. The fraction of sp³-hybridized carbons (Fsp3) is 0.529. The van der Waals surface area contributed by atoms with E-state index in [1.165, 1.54) is 5.56 Å². The zero-order valence-electron chi connectivity index (χ0n) is 13.7. The summed E-state index contributed by atoms with van der Waals surface area (Å²) in [4.78, 5) is 26.2. The Labute approximate surface area is 131 Å². The lowest BCUT2D eigenvalue weighted by Crippen LogP contribution is -2.52. The van der Waals surface area contributed by atoms with E-state index in [2.05, 4.69) is 5.32 Å². The van der Waals surface area contributed by atoms with Gasteiger partial charge in [0.2, 0.25) is 5.91 Å². The highest BCUT2D eigenvalue weighted by Crippen LogP contribution is 2.18. The molecule has 5 heteroatoms. The number of hydrogen-bond donors (Lipinski definition) is 1. The molecule has 0 aliphatic carbocycles. The number of nitrogens with one attached hydrogen (secondary N) is 1. The number of rotatable bonds is 4. The molecular formula is C17H24N2O3. The van der Waals surface area contributed by atoms with Crippen molar-refractivity contribution in [3.8, 4) is 0 Å². The lowest BCUT2D eigenvalue weighted by atomic mass is 10.1. The van der Waals surface area contributed by atoms with Crippen LogP contribution in [0.4, 0.5) is 5.69 Å². The number of amides is 1. The molecule has 0 aromatic heterocycles. The molecule has 1 atom stereocenters. The molecule has 120 valence electrons. The summed E-state index contributed by atoms with van der Waals surface area (Å²) in [7, 11) is 0. The first-order valence-electron chi connectivity index (χ1n) is 7.68. The molecule has 1 amide bonds. The Kier molecular flexibility index (Phi) is 5.19. The summed E-state index contributed by atoms with van der Waals surface area (Å²) in [5, 5.41) is 2.86. The minimum atomic E-state index is -0.500. The number of anilines is 1. The zero-order chi connectivity index (χ0) is 16.3. The van der Waals surface area contributed by atoms with Crippen molar-refractivity contribution in [2.24, 2.45) is 0 Å². The molecule has 1 saturated heterocycles. The van der Waals surface area contributed by atoms with Crippen molar-refractivity contribution in [1.82, 2.24) is 4.90 Å². The highest BCUT2D eigenvalue weighted by molar-refractivity contribution is 5.94. The smallest absolute Gasteiger partial charge is 0.323 e. The van der Waals surface area contributed by atoms with Crippen LogP contribution in [0.25, 0.3) is 0 Å². The molecule has 0 bridgehead atoms. The Morgan fingerprint density at radius 2 is 2.09 bits per heavy atom. The molecule has 1 aromatic carbocycles. The van der Waals surface area contributed by atoms with Crippen LogP contribution in [-0.4, -0.2) is 42.0 Å². The van der Waals surface area contributed by atoms with Crippen LogP contribution >= 0.6 is 0 Å². The normalized spacial score (nSPS) is 19.1. The van der Waals surface area contributed by atoms with E-state index in [1.807, 2.05) is 50.8 Å². The van der Waals surface area contributed by atoms with Gasteiger partial charge in [-0.15, -0.1) is 0 Å². The molecule has 0 spiro atoms. The fourth-order valence-electron chi connectivity index (χ4n) is 2.66. The first-order valence-corrected chi connectivity index (χ1v) is 7.68. The minimum Gasteiger partial charge on any atom is -0.463 e. The largest absolute Gasteiger partial charge is 0.463 e. The van der Waals surface area contributed by atoms with Crippen LogP contribution in [0.15, 0.2) is 18.2 Å². The van der Waals surface area contributed by atoms with Crippen LogP contribution in [0.2, 0.25) is 0 Å². The monoisotopic (exact) mass is 304 g/mol. The lowest BCUT2D eigenvalue weighted by Gasteiger charge is -2.36. The number of carbonyl (C=O) groups is 2. The summed E-state index contributed by atoms with van der Waals surface area (Å²) in [6.45, 7) is 9.14. The number of aryl methyl sites for hydroxylation is 2. The van der Waals surface area contributed by atoms with Gasteiger partial charge in [0.1, 0.15) is 12.6 Å². The van der Waals surface area contributed by atoms with E-state index in [-0.39, 0.29) is 24.3 Å². The summed E-state index contributed by atoms with van der Waals surface area (Å²) in [5.74, 6) is -0.479. The molecule has 22 heavy (non-hydrogen) atoms. The van der Waals surface area contributed by atoms with Gasteiger partial charge in [-0.1, -0.05) is 6.07 Å². The standard InChI is InChI=1S/C17H24N2O3/c1-11(2)19-7-8-22-17(21)15(19)10-16(20)18-14-6-5-12(3)13(4)9-14/h5-6,9,11,15H,7-8,10H2,1-4H3,(H,18,20). The van der Waals surface area contributed by atoms with Crippen molar-refractivity contribution in [2.75, 3.05) is 18.5 Å². The number of benzene rings is 1. The second-order valence-electron chi connectivity index (χ2n) is 6.07. The zero-order valence-corrected chi connectivity index (χ0v) is 13.7. The SMILES string of the molecule is Cc1ccc(NC(=O)CC2C(=O)OCCN2C(C)C)cc1C. The molecule has 1 aliphatic rings. The van der Waals surface area contributed by atoms with Gasteiger partial charge in [-0.25, -0.2) is 0 Å². The Morgan fingerprint density at radius 1 is 1.36 bits per heavy atom. The minimum absolute atomic E-state index is 0.115. The van der Waals surface area contributed by atoms with Crippen molar-refractivity contribution < 1.29 is 14.3 Å².